The Labute approximate surface area is 134 Å². The van der Waals surface area contributed by atoms with E-state index in [2.05, 4.69) is 29.4 Å². The molecule has 3 heterocycles. The number of fused-ring (bicyclic) bond motifs is 1. The van der Waals surface area contributed by atoms with Crippen molar-refractivity contribution in [1.29, 1.82) is 0 Å². The van der Waals surface area contributed by atoms with Gasteiger partial charge in [-0.15, -0.1) is 0 Å². The number of carbonyl (C=O) groups excluding carboxylic acids is 1. The van der Waals surface area contributed by atoms with E-state index >= 15 is 0 Å². The Morgan fingerprint density at radius 3 is 2.86 bits per heavy atom. The molecule has 2 aromatic rings. The van der Waals surface area contributed by atoms with Crippen molar-refractivity contribution in [3.63, 3.8) is 0 Å². The van der Waals surface area contributed by atoms with Crippen LogP contribution in [0.3, 0.4) is 0 Å². The minimum Gasteiger partial charge on any atom is -0.352 e. The molecule has 7 heteroatoms. The first-order chi connectivity index (χ1) is 10.6. The first kappa shape index (κ1) is 15.4. The first-order valence-electron chi connectivity index (χ1n) is 7.84. The molecule has 0 atom stereocenters. The van der Waals surface area contributed by atoms with Gasteiger partial charge in [0.15, 0.2) is 0 Å². The summed E-state index contributed by atoms with van der Waals surface area (Å²) in [7, 11) is 0. The third-order valence-corrected chi connectivity index (χ3v) is 5.09. The van der Waals surface area contributed by atoms with Crippen molar-refractivity contribution in [3.05, 3.63) is 11.9 Å². The summed E-state index contributed by atoms with van der Waals surface area (Å²) in [5.41, 5.74) is 2.88. The maximum absolute atomic E-state index is 12.3. The van der Waals surface area contributed by atoms with E-state index in [1.807, 2.05) is 23.4 Å². The van der Waals surface area contributed by atoms with E-state index in [4.69, 9.17) is 0 Å². The van der Waals surface area contributed by atoms with Crippen LogP contribution >= 0.6 is 11.8 Å². The van der Waals surface area contributed by atoms with E-state index in [-0.39, 0.29) is 18.5 Å². The van der Waals surface area contributed by atoms with Crippen LogP contribution in [0.5, 0.6) is 0 Å². The summed E-state index contributed by atoms with van der Waals surface area (Å²) >= 11 is 1.96. The summed E-state index contributed by atoms with van der Waals surface area (Å²) in [5.74, 6) is 2.31. The molecule has 1 N–H and O–H groups in total. The molecular weight excluding hydrogens is 298 g/mol. The number of nitrogens with zero attached hydrogens (tertiary/aromatic N) is 4. The molecule has 0 radical (unpaired) electrons. The molecule has 2 aromatic heterocycles. The molecule has 0 aromatic carbocycles. The predicted octanol–water partition coefficient (Wildman–Crippen LogP) is 2.13. The Kier molecular flexibility index (Phi) is 4.42. The highest BCUT2D eigenvalue weighted by Crippen LogP contribution is 2.21. The van der Waals surface area contributed by atoms with Crippen molar-refractivity contribution in [2.45, 2.75) is 52.2 Å². The monoisotopic (exact) mass is 321 g/mol. The Hall–Kier alpha value is -1.50. The zero-order chi connectivity index (χ0) is 15.7. The topological polar surface area (TPSA) is 64.7 Å². The van der Waals surface area contributed by atoms with Crippen LogP contribution in [0.1, 0.15) is 38.4 Å². The lowest BCUT2D eigenvalue weighted by atomic mass is 10.1. The van der Waals surface area contributed by atoms with Gasteiger partial charge in [-0.05, 0) is 45.1 Å². The van der Waals surface area contributed by atoms with Crippen LogP contribution in [0.25, 0.3) is 11.0 Å². The average Bonchev–Trinajstić information content (AvgIpc) is 3.02. The summed E-state index contributed by atoms with van der Waals surface area (Å²) in [6.07, 6.45) is 3.93. The Morgan fingerprint density at radius 1 is 1.45 bits per heavy atom. The van der Waals surface area contributed by atoms with Crippen LogP contribution in [0, 0.1) is 6.92 Å². The molecule has 0 unspecified atom stereocenters. The molecule has 0 aliphatic carbocycles. The number of hydrogen-bond donors (Lipinski definition) is 1. The van der Waals surface area contributed by atoms with Gasteiger partial charge in [-0.2, -0.15) is 22.0 Å². The molecule has 3 rings (SSSR count). The fourth-order valence-electron chi connectivity index (χ4n) is 2.94. The van der Waals surface area contributed by atoms with Gasteiger partial charge in [-0.1, -0.05) is 0 Å². The van der Waals surface area contributed by atoms with Crippen molar-refractivity contribution in [2.75, 3.05) is 11.5 Å². The third-order valence-electron chi connectivity index (χ3n) is 4.04. The van der Waals surface area contributed by atoms with Crippen molar-refractivity contribution in [1.82, 2.24) is 24.9 Å². The van der Waals surface area contributed by atoms with E-state index in [1.165, 1.54) is 0 Å². The van der Waals surface area contributed by atoms with Crippen LogP contribution in [-0.4, -0.2) is 43.0 Å². The van der Waals surface area contributed by atoms with Gasteiger partial charge in [0.2, 0.25) is 5.91 Å². The summed E-state index contributed by atoms with van der Waals surface area (Å²) in [4.78, 5) is 12.3. The molecule has 1 aliphatic rings. The fraction of sp³-hybridized carbons (Fsp3) is 0.667. The van der Waals surface area contributed by atoms with Crippen LogP contribution in [0.15, 0.2) is 6.20 Å². The molecule has 1 aliphatic heterocycles. The molecule has 0 bridgehead atoms. The average molecular weight is 321 g/mol. The van der Waals surface area contributed by atoms with E-state index < -0.39 is 0 Å². The lowest BCUT2D eigenvalue weighted by molar-refractivity contribution is -0.122. The summed E-state index contributed by atoms with van der Waals surface area (Å²) in [6.45, 7) is 6.42. The Bertz CT molecular complexity index is 669. The molecule has 1 saturated heterocycles. The summed E-state index contributed by atoms with van der Waals surface area (Å²) in [6, 6.07) is 0.599. The number of nitrogens with one attached hydrogen (secondary N) is 1. The molecule has 120 valence electrons. The van der Waals surface area contributed by atoms with Crippen LogP contribution in [0.2, 0.25) is 0 Å². The van der Waals surface area contributed by atoms with Gasteiger partial charge < -0.3 is 5.32 Å². The van der Waals surface area contributed by atoms with Gasteiger partial charge in [0, 0.05) is 12.1 Å². The molecular formula is C15H23N5OS. The van der Waals surface area contributed by atoms with E-state index in [0.29, 0.717) is 6.04 Å². The van der Waals surface area contributed by atoms with Crippen molar-refractivity contribution in [2.24, 2.45) is 0 Å². The van der Waals surface area contributed by atoms with Crippen LogP contribution in [0.4, 0.5) is 0 Å². The maximum atomic E-state index is 12.3. The molecule has 22 heavy (non-hydrogen) atoms. The van der Waals surface area contributed by atoms with Gasteiger partial charge in [-0.3, -0.25) is 14.2 Å². The molecule has 0 saturated carbocycles. The number of rotatable bonds is 4. The predicted molar refractivity (Wildman–Crippen MR) is 89.1 cm³/mol. The van der Waals surface area contributed by atoms with Gasteiger partial charge in [0.05, 0.1) is 11.9 Å². The second-order valence-electron chi connectivity index (χ2n) is 6.11. The Balaban J connectivity index is 1.75. The molecule has 6 nitrogen and oxygen atoms in total. The van der Waals surface area contributed by atoms with Crippen molar-refractivity contribution >= 4 is 28.7 Å². The Morgan fingerprint density at radius 2 is 2.18 bits per heavy atom. The summed E-state index contributed by atoms with van der Waals surface area (Å²) < 4.78 is 3.73. The largest absolute Gasteiger partial charge is 0.352 e. The molecule has 0 spiro atoms. The minimum atomic E-state index is 0.0404. The van der Waals surface area contributed by atoms with Gasteiger partial charge in [0.1, 0.15) is 17.6 Å². The maximum Gasteiger partial charge on any atom is 0.241 e. The van der Waals surface area contributed by atoms with E-state index in [1.54, 1.807) is 10.9 Å². The minimum absolute atomic E-state index is 0.0404. The second-order valence-corrected chi connectivity index (χ2v) is 7.34. The fourth-order valence-corrected chi connectivity index (χ4v) is 4.05. The number of hydrogen-bond acceptors (Lipinski definition) is 4. The third kappa shape index (κ3) is 2.99. The smallest absolute Gasteiger partial charge is 0.241 e. The van der Waals surface area contributed by atoms with Gasteiger partial charge >= 0.3 is 0 Å². The highest BCUT2D eigenvalue weighted by atomic mass is 32.2. The van der Waals surface area contributed by atoms with Crippen LogP contribution < -0.4 is 5.32 Å². The number of aryl methyl sites for hydroxylation is 1. The van der Waals surface area contributed by atoms with Gasteiger partial charge in [0.25, 0.3) is 0 Å². The highest BCUT2D eigenvalue weighted by molar-refractivity contribution is 7.99. The number of thioether (sulfide) groups is 1. The van der Waals surface area contributed by atoms with E-state index in [0.717, 1.165) is 41.1 Å². The zero-order valence-electron chi connectivity index (χ0n) is 13.4. The van der Waals surface area contributed by atoms with Gasteiger partial charge in [-0.25, -0.2) is 0 Å². The zero-order valence-corrected chi connectivity index (χ0v) is 14.2. The normalized spacial score (nSPS) is 16.5. The lowest BCUT2D eigenvalue weighted by Gasteiger charge is -2.22. The molecule has 1 fully saturated rings. The molecule has 1 amide bonds. The number of aromatic nitrogens is 4. The quantitative estimate of drug-likeness (QED) is 0.937. The van der Waals surface area contributed by atoms with E-state index in [9.17, 15) is 4.79 Å². The second kappa shape index (κ2) is 6.32. The number of carbonyl (C=O) groups is 1. The standard InChI is InChI=1S/C15H23N5OS/c1-10(2)20-13-8-16-19(15(13)11(3)18-20)9-14(21)17-12-4-6-22-7-5-12/h8,10,12H,4-7,9H2,1-3H3,(H,17,21). The number of amides is 1. The van der Waals surface area contributed by atoms with Crippen molar-refractivity contribution in [3.8, 4) is 0 Å². The SMILES string of the molecule is Cc1nn(C(C)C)c2cnn(CC(=O)NC3CCSCC3)c12. The lowest BCUT2D eigenvalue weighted by Crippen LogP contribution is -2.39. The first-order valence-corrected chi connectivity index (χ1v) is 8.99. The van der Waals surface area contributed by atoms with Crippen molar-refractivity contribution < 1.29 is 4.79 Å². The van der Waals surface area contributed by atoms with Crippen LogP contribution in [-0.2, 0) is 11.3 Å². The highest BCUT2D eigenvalue weighted by Gasteiger charge is 2.19. The summed E-state index contributed by atoms with van der Waals surface area (Å²) in [5, 5.41) is 12.1.